The van der Waals surface area contributed by atoms with Crippen molar-refractivity contribution in [1.82, 2.24) is 0 Å². The zero-order chi connectivity index (χ0) is 18.1. The van der Waals surface area contributed by atoms with E-state index in [0.717, 1.165) is 11.1 Å². The van der Waals surface area contributed by atoms with E-state index in [0.29, 0.717) is 23.0 Å². The number of rotatable bonds is 8. The molecule has 2 aromatic rings. The van der Waals surface area contributed by atoms with E-state index in [1.807, 2.05) is 36.4 Å². The monoisotopic (exact) mass is 378 g/mol. The van der Waals surface area contributed by atoms with Gasteiger partial charge in [0.15, 0.2) is 0 Å². The number of carbonyl (C=O) groups is 2. The van der Waals surface area contributed by atoms with Crippen molar-refractivity contribution in [3.63, 3.8) is 0 Å². The third-order valence-electron chi connectivity index (χ3n) is 2.98. The summed E-state index contributed by atoms with van der Waals surface area (Å²) in [4.78, 5) is 22.2. The summed E-state index contributed by atoms with van der Waals surface area (Å²) in [5.74, 6) is 1.46. The molecule has 0 atom stereocenters. The standard InChI is InChI=1S/C18H18O5S2/c1-13(19)21-17-9-5-3-7-15(17)11-24-23-25-12-16-8-4-6-10-18(16)22-14(2)20/h3-10H,11-12H2,1-2H3. The van der Waals surface area contributed by atoms with Crippen LogP contribution in [0.25, 0.3) is 0 Å². The molecule has 0 fully saturated rings. The molecule has 0 saturated carbocycles. The quantitative estimate of drug-likeness (QED) is 0.289. The van der Waals surface area contributed by atoms with Crippen molar-refractivity contribution in [1.29, 1.82) is 0 Å². The second kappa shape index (κ2) is 10.1. The van der Waals surface area contributed by atoms with Crippen molar-refractivity contribution in [2.45, 2.75) is 25.4 Å². The fourth-order valence-electron chi connectivity index (χ4n) is 1.96. The molecule has 0 amide bonds. The molecule has 0 saturated heterocycles. The number of hydrogen-bond acceptors (Lipinski definition) is 7. The molecular formula is C18H18O5S2. The highest BCUT2D eigenvalue weighted by Crippen LogP contribution is 2.29. The predicted molar refractivity (Wildman–Crippen MR) is 99.2 cm³/mol. The Morgan fingerprint density at radius 1 is 0.760 bits per heavy atom. The Bertz CT molecular complexity index is 671. The SMILES string of the molecule is CC(=O)Oc1ccccc1CSOSCc1ccccc1OC(C)=O. The molecule has 0 aliphatic heterocycles. The topological polar surface area (TPSA) is 61.8 Å². The molecular weight excluding hydrogens is 360 g/mol. The van der Waals surface area contributed by atoms with Crippen LogP contribution in [0, 0.1) is 0 Å². The molecule has 0 N–H and O–H groups in total. The molecule has 2 aromatic carbocycles. The zero-order valence-corrected chi connectivity index (χ0v) is 15.5. The molecule has 0 aliphatic rings. The number of para-hydroxylation sites is 2. The highest BCUT2D eigenvalue weighted by Gasteiger charge is 2.08. The smallest absolute Gasteiger partial charge is 0.308 e. The number of benzene rings is 2. The lowest BCUT2D eigenvalue weighted by molar-refractivity contribution is -0.132. The van der Waals surface area contributed by atoms with Crippen molar-refractivity contribution >= 4 is 36.0 Å². The Morgan fingerprint density at radius 3 is 1.56 bits per heavy atom. The van der Waals surface area contributed by atoms with Gasteiger partial charge in [0.2, 0.25) is 0 Å². The Hall–Kier alpha value is -1.96. The van der Waals surface area contributed by atoms with E-state index in [9.17, 15) is 9.59 Å². The minimum absolute atomic E-state index is 0.352. The summed E-state index contributed by atoms with van der Waals surface area (Å²) < 4.78 is 15.8. The van der Waals surface area contributed by atoms with Gasteiger partial charge in [0.25, 0.3) is 0 Å². The molecule has 0 bridgehead atoms. The average molecular weight is 378 g/mol. The largest absolute Gasteiger partial charge is 0.426 e. The Morgan fingerprint density at radius 2 is 1.16 bits per heavy atom. The van der Waals surface area contributed by atoms with Gasteiger partial charge in [-0.2, -0.15) is 0 Å². The van der Waals surface area contributed by atoms with Gasteiger partial charge < -0.3 is 9.47 Å². The van der Waals surface area contributed by atoms with Crippen molar-refractivity contribution in [3.05, 3.63) is 59.7 Å². The van der Waals surface area contributed by atoms with Crippen LogP contribution in [0.1, 0.15) is 25.0 Å². The van der Waals surface area contributed by atoms with E-state index >= 15 is 0 Å². The highest BCUT2D eigenvalue weighted by molar-refractivity contribution is 8.07. The van der Waals surface area contributed by atoms with E-state index in [2.05, 4.69) is 0 Å². The first-order valence-electron chi connectivity index (χ1n) is 7.50. The molecule has 0 aromatic heterocycles. The maximum atomic E-state index is 11.1. The van der Waals surface area contributed by atoms with Crippen LogP contribution in [0.3, 0.4) is 0 Å². The summed E-state index contributed by atoms with van der Waals surface area (Å²) in [6.45, 7) is 2.74. The van der Waals surface area contributed by atoms with E-state index in [-0.39, 0.29) is 11.9 Å². The van der Waals surface area contributed by atoms with Gasteiger partial charge >= 0.3 is 11.9 Å². The lowest BCUT2D eigenvalue weighted by Gasteiger charge is -2.09. The first-order chi connectivity index (χ1) is 12.1. The third-order valence-corrected chi connectivity index (χ3v) is 4.61. The van der Waals surface area contributed by atoms with Gasteiger partial charge in [-0.1, -0.05) is 36.4 Å². The van der Waals surface area contributed by atoms with Crippen molar-refractivity contribution in [2.75, 3.05) is 0 Å². The van der Waals surface area contributed by atoms with E-state index in [1.54, 1.807) is 12.1 Å². The second-order valence-corrected chi connectivity index (χ2v) is 6.59. The van der Waals surface area contributed by atoms with Crippen LogP contribution >= 0.6 is 24.1 Å². The molecule has 0 aliphatic carbocycles. The Balaban J connectivity index is 1.81. The third kappa shape index (κ3) is 6.81. The highest BCUT2D eigenvalue weighted by atomic mass is 32.2. The van der Waals surface area contributed by atoms with Gasteiger partial charge in [0.1, 0.15) is 11.5 Å². The first kappa shape index (κ1) is 19.4. The second-order valence-electron chi connectivity index (χ2n) is 5.00. The van der Waals surface area contributed by atoms with Crippen molar-refractivity contribution < 1.29 is 22.7 Å². The summed E-state index contributed by atoms with van der Waals surface area (Å²) in [6, 6.07) is 14.7. The van der Waals surface area contributed by atoms with Gasteiger partial charge in [-0.3, -0.25) is 9.59 Å². The van der Waals surface area contributed by atoms with Crippen molar-refractivity contribution in [3.8, 4) is 11.5 Å². The minimum atomic E-state index is -0.352. The summed E-state index contributed by atoms with van der Waals surface area (Å²) in [7, 11) is 0. The summed E-state index contributed by atoms with van der Waals surface area (Å²) in [5.41, 5.74) is 1.76. The first-order valence-corrected chi connectivity index (χ1v) is 9.32. The molecule has 25 heavy (non-hydrogen) atoms. The summed E-state index contributed by atoms with van der Waals surface area (Å²) >= 11 is 2.50. The fourth-order valence-corrected chi connectivity index (χ4v) is 3.35. The maximum absolute atomic E-state index is 11.1. The van der Waals surface area contributed by atoms with Crippen LogP contribution < -0.4 is 9.47 Å². The van der Waals surface area contributed by atoms with Crippen LogP contribution in [0.15, 0.2) is 48.5 Å². The summed E-state index contributed by atoms with van der Waals surface area (Å²) in [5, 5.41) is 0. The Labute approximate surface area is 155 Å². The number of ether oxygens (including phenoxy) is 2. The molecule has 0 radical (unpaired) electrons. The van der Waals surface area contributed by atoms with Gasteiger partial charge in [-0.05, 0) is 12.1 Å². The lowest BCUT2D eigenvalue weighted by Crippen LogP contribution is -2.03. The molecule has 2 rings (SSSR count). The van der Waals surface area contributed by atoms with Crippen LogP contribution in [0.2, 0.25) is 0 Å². The maximum Gasteiger partial charge on any atom is 0.308 e. The van der Waals surface area contributed by atoms with Crippen LogP contribution in [0.4, 0.5) is 0 Å². The zero-order valence-electron chi connectivity index (χ0n) is 13.9. The molecule has 132 valence electrons. The molecule has 5 nitrogen and oxygen atoms in total. The van der Waals surface area contributed by atoms with E-state index in [1.165, 1.54) is 37.9 Å². The molecule has 0 spiro atoms. The number of carbonyl (C=O) groups excluding carboxylic acids is 2. The number of hydrogen-bond donors (Lipinski definition) is 0. The molecule has 0 heterocycles. The van der Waals surface area contributed by atoms with Crippen LogP contribution in [-0.4, -0.2) is 11.9 Å². The number of esters is 2. The predicted octanol–water partition coefficient (Wildman–Crippen LogP) is 4.55. The van der Waals surface area contributed by atoms with Gasteiger partial charge in [0.05, 0.1) is 0 Å². The van der Waals surface area contributed by atoms with Crippen molar-refractivity contribution in [2.24, 2.45) is 0 Å². The minimum Gasteiger partial charge on any atom is -0.426 e. The molecule has 0 unspecified atom stereocenters. The molecule has 7 heteroatoms. The van der Waals surface area contributed by atoms with Gasteiger partial charge in [-0.15, -0.1) is 0 Å². The van der Waals surface area contributed by atoms with E-state index < -0.39 is 0 Å². The Kier molecular flexibility index (Phi) is 7.84. The lowest BCUT2D eigenvalue weighted by atomic mass is 10.2. The normalized spacial score (nSPS) is 10.3. The summed E-state index contributed by atoms with van der Waals surface area (Å²) in [6.07, 6.45) is 0. The van der Waals surface area contributed by atoms with Crippen LogP contribution in [-0.2, 0) is 24.7 Å². The van der Waals surface area contributed by atoms with Crippen LogP contribution in [0.5, 0.6) is 11.5 Å². The van der Waals surface area contributed by atoms with Gasteiger partial charge in [0, 0.05) is 60.6 Å². The fraction of sp³-hybridized carbons (Fsp3) is 0.222. The van der Waals surface area contributed by atoms with Gasteiger partial charge in [-0.25, -0.2) is 3.63 Å². The van der Waals surface area contributed by atoms with E-state index in [4.69, 9.17) is 13.1 Å². The average Bonchev–Trinajstić information content (AvgIpc) is 2.56.